The van der Waals surface area contributed by atoms with Crippen LogP contribution in [-0.2, 0) is 9.53 Å². The maximum Gasteiger partial charge on any atom is 0.411 e. The summed E-state index contributed by atoms with van der Waals surface area (Å²) in [6.45, 7) is 5.00. The van der Waals surface area contributed by atoms with Crippen LogP contribution in [0.15, 0.2) is 24.3 Å². The maximum atomic E-state index is 13.7. The van der Waals surface area contributed by atoms with E-state index in [4.69, 9.17) is 16.3 Å². The highest BCUT2D eigenvalue weighted by molar-refractivity contribution is 6.30. The predicted molar refractivity (Wildman–Crippen MR) is 86.3 cm³/mol. The Bertz CT molecular complexity index is 603. The van der Waals surface area contributed by atoms with Crippen molar-refractivity contribution in [1.82, 2.24) is 4.90 Å². The number of halogens is 2. The molecular weight excluding hydrogens is 323 g/mol. The Hall–Kier alpha value is -1.82. The number of ether oxygens (including phenoxy) is 1. The van der Waals surface area contributed by atoms with Crippen molar-refractivity contribution in [2.45, 2.75) is 45.0 Å². The van der Waals surface area contributed by atoms with Crippen molar-refractivity contribution in [2.24, 2.45) is 0 Å². The molecule has 1 N–H and O–H groups in total. The summed E-state index contributed by atoms with van der Waals surface area (Å²) in [5, 5.41) is 3.13. The number of likely N-dealkylation sites (tertiary alicyclic amines) is 1. The third kappa shape index (κ3) is 4.82. The molecule has 1 heterocycles. The molecule has 1 aliphatic rings. The lowest BCUT2D eigenvalue weighted by Crippen LogP contribution is -2.45. The van der Waals surface area contributed by atoms with Crippen LogP contribution in [0.25, 0.3) is 0 Å². The summed E-state index contributed by atoms with van der Waals surface area (Å²) in [5.41, 5.74) is -0.214. The van der Waals surface area contributed by atoms with Crippen molar-refractivity contribution >= 4 is 29.3 Å². The van der Waals surface area contributed by atoms with Crippen molar-refractivity contribution in [1.29, 1.82) is 0 Å². The summed E-state index contributed by atoms with van der Waals surface area (Å²) in [6.07, 6.45) is -1.99. The maximum absolute atomic E-state index is 13.7. The molecule has 5 nitrogen and oxygen atoms in total. The van der Waals surface area contributed by atoms with Gasteiger partial charge in [0.1, 0.15) is 17.8 Å². The average Bonchev–Trinajstić information content (AvgIpc) is 2.79. The summed E-state index contributed by atoms with van der Waals surface area (Å²) >= 11 is 5.87. The second kappa shape index (κ2) is 6.74. The summed E-state index contributed by atoms with van der Waals surface area (Å²) in [6, 6.07) is 5.72. The topological polar surface area (TPSA) is 58.6 Å². The fourth-order valence-electron chi connectivity index (χ4n) is 2.35. The molecule has 2 amide bonds. The molecule has 0 saturated carbocycles. The van der Waals surface area contributed by atoms with Crippen molar-refractivity contribution in [2.75, 3.05) is 11.9 Å². The molecule has 0 aliphatic carbocycles. The Kier molecular flexibility index (Phi) is 5.14. The van der Waals surface area contributed by atoms with Crippen LogP contribution in [-0.4, -0.2) is 41.3 Å². The fraction of sp³-hybridized carbons (Fsp3) is 0.500. The van der Waals surface area contributed by atoms with E-state index in [1.807, 2.05) is 0 Å². The van der Waals surface area contributed by atoms with Crippen LogP contribution in [0.5, 0.6) is 0 Å². The van der Waals surface area contributed by atoms with Gasteiger partial charge in [-0.25, -0.2) is 9.18 Å². The minimum Gasteiger partial charge on any atom is -0.444 e. The third-order valence-corrected chi connectivity index (χ3v) is 3.51. The highest BCUT2D eigenvalue weighted by atomic mass is 35.5. The highest BCUT2D eigenvalue weighted by Gasteiger charge is 2.41. The van der Waals surface area contributed by atoms with Crippen LogP contribution in [0.2, 0.25) is 5.02 Å². The first kappa shape index (κ1) is 17.5. The molecule has 0 aromatic heterocycles. The van der Waals surface area contributed by atoms with Crippen LogP contribution >= 0.6 is 11.6 Å². The molecule has 7 heteroatoms. The number of alkyl halides is 1. The Morgan fingerprint density at radius 1 is 1.39 bits per heavy atom. The monoisotopic (exact) mass is 342 g/mol. The molecule has 1 aromatic rings. The van der Waals surface area contributed by atoms with Crippen LogP contribution in [0.3, 0.4) is 0 Å². The highest BCUT2D eigenvalue weighted by Crippen LogP contribution is 2.25. The first-order chi connectivity index (χ1) is 10.7. The van der Waals surface area contributed by atoms with Gasteiger partial charge in [0, 0.05) is 17.1 Å². The number of carbonyl (C=O) groups is 2. The lowest BCUT2D eigenvalue weighted by atomic mass is 10.2. The summed E-state index contributed by atoms with van der Waals surface area (Å²) < 4.78 is 19.0. The second-order valence-corrected chi connectivity index (χ2v) is 6.92. The lowest BCUT2D eigenvalue weighted by Gasteiger charge is -2.27. The Labute approximate surface area is 139 Å². The molecule has 1 aromatic carbocycles. The molecule has 2 atom stereocenters. The first-order valence-corrected chi connectivity index (χ1v) is 7.73. The van der Waals surface area contributed by atoms with Crippen molar-refractivity contribution in [3.05, 3.63) is 29.3 Å². The molecule has 23 heavy (non-hydrogen) atoms. The van der Waals surface area contributed by atoms with E-state index in [9.17, 15) is 14.0 Å². The Balaban J connectivity index is 2.09. The van der Waals surface area contributed by atoms with Gasteiger partial charge in [-0.15, -0.1) is 0 Å². The van der Waals surface area contributed by atoms with Gasteiger partial charge in [-0.05, 0) is 39.0 Å². The zero-order valence-electron chi connectivity index (χ0n) is 13.3. The van der Waals surface area contributed by atoms with Gasteiger partial charge in [-0.1, -0.05) is 17.7 Å². The number of carbonyl (C=O) groups excluding carboxylic acids is 2. The number of nitrogens with one attached hydrogen (secondary N) is 1. The number of rotatable bonds is 2. The Morgan fingerprint density at radius 3 is 2.70 bits per heavy atom. The number of hydrogen-bond donors (Lipinski definition) is 1. The first-order valence-electron chi connectivity index (χ1n) is 7.36. The number of hydrogen-bond acceptors (Lipinski definition) is 3. The standard InChI is InChI=1S/C16H20ClFN2O3/c1-16(2,3)23-15(22)20-9-11(18)8-13(20)14(21)19-12-6-4-5-10(17)7-12/h4-7,11,13H,8-9H2,1-3H3,(H,19,21)/t11-,13+/m1/s1. The van der Waals surface area contributed by atoms with Crippen LogP contribution in [0.4, 0.5) is 14.9 Å². The second-order valence-electron chi connectivity index (χ2n) is 6.48. The molecule has 2 rings (SSSR count). The largest absolute Gasteiger partial charge is 0.444 e. The van der Waals surface area contributed by atoms with E-state index in [2.05, 4.69) is 5.32 Å². The fourth-order valence-corrected chi connectivity index (χ4v) is 2.54. The van der Waals surface area contributed by atoms with E-state index in [1.54, 1.807) is 45.0 Å². The predicted octanol–water partition coefficient (Wildman–Crippen LogP) is 3.63. The van der Waals surface area contributed by atoms with E-state index >= 15 is 0 Å². The molecule has 0 spiro atoms. The van der Waals surface area contributed by atoms with E-state index < -0.39 is 29.8 Å². The van der Waals surface area contributed by atoms with Gasteiger partial charge in [0.2, 0.25) is 5.91 Å². The molecule has 0 bridgehead atoms. The van der Waals surface area contributed by atoms with Gasteiger partial charge >= 0.3 is 6.09 Å². The Morgan fingerprint density at radius 2 is 2.09 bits per heavy atom. The quantitative estimate of drug-likeness (QED) is 0.893. The number of amides is 2. The minimum absolute atomic E-state index is 0.0500. The van der Waals surface area contributed by atoms with Crippen molar-refractivity contribution in [3.8, 4) is 0 Å². The number of anilines is 1. The van der Waals surface area contributed by atoms with E-state index in [-0.39, 0.29) is 13.0 Å². The summed E-state index contributed by atoms with van der Waals surface area (Å²) in [4.78, 5) is 25.7. The molecule has 126 valence electrons. The van der Waals surface area contributed by atoms with Gasteiger partial charge in [0.25, 0.3) is 0 Å². The van der Waals surface area contributed by atoms with Gasteiger partial charge in [0.15, 0.2) is 0 Å². The molecule has 1 aliphatic heterocycles. The van der Waals surface area contributed by atoms with E-state index in [0.29, 0.717) is 10.7 Å². The van der Waals surface area contributed by atoms with Gasteiger partial charge in [-0.2, -0.15) is 0 Å². The summed E-state index contributed by atoms with van der Waals surface area (Å²) in [7, 11) is 0. The van der Waals surface area contributed by atoms with E-state index in [1.165, 1.54) is 0 Å². The zero-order valence-corrected chi connectivity index (χ0v) is 14.1. The van der Waals surface area contributed by atoms with Crippen LogP contribution in [0.1, 0.15) is 27.2 Å². The smallest absolute Gasteiger partial charge is 0.411 e. The minimum atomic E-state index is -1.25. The molecular formula is C16H20ClFN2O3. The molecule has 1 fully saturated rings. The lowest BCUT2D eigenvalue weighted by molar-refractivity contribution is -0.120. The van der Waals surface area contributed by atoms with Crippen molar-refractivity contribution in [3.63, 3.8) is 0 Å². The van der Waals surface area contributed by atoms with Crippen LogP contribution in [0, 0.1) is 0 Å². The number of benzene rings is 1. The molecule has 1 saturated heterocycles. The number of nitrogens with zero attached hydrogens (tertiary/aromatic N) is 1. The zero-order chi connectivity index (χ0) is 17.2. The van der Waals surface area contributed by atoms with Crippen molar-refractivity contribution < 1.29 is 18.7 Å². The van der Waals surface area contributed by atoms with E-state index in [0.717, 1.165) is 4.90 Å². The normalized spacial score (nSPS) is 21.2. The average molecular weight is 343 g/mol. The summed E-state index contributed by atoms with van der Waals surface area (Å²) in [5.74, 6) is -0.460. The molecule has 0 radical (unpaired) electrons. The van der Waals surface area contributed by atoms with Gasteiger partial charge in [-0.3, -0.25) is 9.69 Å². The third-order valence-electron chi connectivity index (χ3n) is 3.27. The van der Waals surface area contributed by atoms with Gasteiger partial charge < -0.3 is 10.1 Å². The molecule has 0 unspecified atom stereocenters. The van der Waals surface area contributed by atoms with Gasteiger partial charge in [0.05, 0.1) is 6.54 Å². The van der Waals surface area contributed by atoms with Crippen LogP contribution < -0.4 is 5.32 Å². The SMILES string of the molecule is CC(C)(C)OC(=O)N1C[C@H](F)C[C@H]1C(=O)Nc1cccc(Cl)c1.